The zero-order chi connectivity index (χ0) is 26.1. The SMILES string of the molecule is CCOc1cccc(CNc2ccc(CC)cc2C(=O)Nc2ccc(C(=N)N)cc2)c1OCC(=O)O. The maximum Gasteiger partial charge on any atom is 0.341 e. The molecular weight excluding hydrogens is 460 g/mol. The molecule has 0 aliphatic rings. The van der Waals surface area contributed by atoms with E-state index < -0.39 is 12.6 Å². The van der Waals surface area contributed by atoms with Crippen molar-refractivity contribution in [2.24, 2.45) is 5.73 Å². The molecule has 188 valence electrons. The van der Waals surface area contributed by atoms with E-state index in [4.69, 9.17) is 25.7 Å². The van der Waals surface area contributed by atoms with Crippen LogP contribution < -0.4 is 25.8 Å². The van der Waals surface area contributed by atoms with Crippen LogP contribution in [0.3, 0.4) is 0 Å². The van der Waals surface area contributed by atoms with Gasteiger partial charge in [-0.2, -0.15) is 0 Å². The minimum Gasteiger partial charge on any atom is -0.490 e. The van der Waals surface area contributed by atoms with Crippen LogP contribution in [0, 0.1) is 5.41 Å². The summed E-state index contributed by atoms with van der Waals surface area (Å²) in [4.78, 5) is 24.3. The molecule has 0 saturated heterocycles. The summed E-state index contributed by atoms with van der Waals surface area (Å²) in [5, 5.41) is 22.7. The highest BCUT2D eigenvalue weighted by Crippen LogP contribution is 2.32. The van der Waals surface area contributed by atoms with Crippen molar-refractivity contribution < 1.29 is 24.2 Å². The van der Waals surface area contributed by atoms with Gasteiger partial charge in [0, 0.05) is 29.0 Å². The second-order valence-corrected chi connectivity index (χ2v) is 7.89. The zero-order valence-electron chi connectivity index (χ0n) is 20.3. The first kappa shape index (κ1) is 26.1. The number of nitrogens with two attached hydrogens (primary N) is 1. The smallest absolute Gasteiger partial charge is 0.341 e. The highest BCUT2D eigenvalue weighted by atomic mass is 16.5. The number of nitrogen functional groups attached to an aromatic ring is 1. The lowest BCUT2D eigenvalue weighted by atomic mass is 10.0. The maximum absolute atomic E-state index is 13.2. The molecule has 0 aliphatic carbocycles. The minimum absolute atomic E-state index is 0.0462. The maximum atomic E-state index is 13.2. The van der Waals surface area contributed by atoms with E-state index in [9.17, 15) is 9.59 Å². The number of rotatable bonds is 12. The van der Waals surface area contributed by atoms with E-state index in [1.165, 1.54) is 0 Å². The lowest BCUT2D eigenvalue weighted by Crippen LogP contribution is -2.16. The van der Waals surface area contributed by atoms with Crippen LogP contribution in [0.4, 0.5) is 11.4 Å². The van der Waals surface area contributed by atoms with Crippen molar-refractivity contribution in [1.82, 2.24) is 0 Å². The Morgan fingerprint density at radius 2 is 1.78 bits per heavy atom. The number of para-hydroxylation sites is 1. The molecule has 0 radical (unpaired) electrons. The number of hydrogen-bond acceptors (Lipinski definition) is 6. The average Bonchev–Trinajstić information content (AvgIpc) is 2.87. The standard InChI is InChI=1S/C27H30N4O5/c1-3-17-8-13-22(21(14-17)27(34)31-20-11-9-18(10-12-20)26(28)29)30-15-19-6-5-7-23(35-4-2)25(19)36-16-24(32)33/h5-14,30H,3-4,15-16H2,1-2H3,(H3,28,29)(H,31,34)(H,32,33). The second-order valence-electron chi connectivity index (χ2n) is 7.89. The van der Waals surface area contributed by atoms with E-state index in [2.05, 4.69) is 10.6 Å². The number of amides is 1. The molecule has 9 nitrogen and oxygen atoms in total. The summed E-state index contributed by atoms with van der Waals surface area (Å²) in [6.45, 7) is 4.01. The number of carbonyl (C=O) groups is 2. The average molecular weight is 491 g/mol. The molecule has 0 spiro atoms. The number of amidine groups is 1. The number of aryl methyl sites for hydroxylation is 1. The summed E-state index contributed by atoms with van der Waals surface area (Å²) in [6.07, 6.45) is 0.761. The van der Waals surface area contributed by atoms with Gasteiger partial charge in [-0.1, -0.05) is 25.1 Å². The van der Waals surface area contributed by atoms with E-state index in [0.29, 0.717) is 46.2 Å². The Hall–Kier alpha value is -4.53. The fraction of sp³-hybridized carbons (Fsp3) is 0.222. The third-order valence-electron chi connectivity index (χ3n) is 5.36. The molecule has 0 unspecified atom stereocenters. The van der Waals surface area contributed by atoms with Gasteiger partial charge in [-0.05, 0) is 61.4 Å². The molecule has 0 aromatic heterocycles. The Balaban J connectivity index is 1.85. The molecule has 3 aromatic rings. The van der Waals surface area contributed by atoms with Crippen molar-refractivity contribution in [2.45, 2.75) is 26.8 Å². The van der Waals surface area contributed by atoms with Gasteiger partial charge in [0.25, 0.3) is 5.91 Å². The van der Waals surface area contributed by atoms with Gasteiger partial charge in [-0.25, -0.2) is 4.79 Å². The Kier molecular flexibility index (Phi) is 8.88. The van der Waals surface area contributed by atoms with E-state index in [1.54, 1.807) is 36.4 Å². The molecule has 0 saturated carbocycles. The Bertz CT molecular complexity index is 1240. The largest absolute Gasteiger partial charge is 0.490 e. The molecule has 0 atom stereocenters. The molecule has 0 heterocycles. The first-order valence-corrected chi connectivity index (χ1v) is 11.5. The fourth-order valence-corrected chi connectivity index (χ4v) is 3.54. The topological polar surface area (TPSA) is 147 Å². The van der Waals surface area contributed by atoms with Crippen LogP contribution in [0.2, 0.25) is 0 Å². The van der Waals surface area contributed by atoms with Gasteiger partial charge >= 0.3 is 5.97 Å². The third-order valence-corrected chi connectivity index (χ3v) is 5.36. The van der Waals surface area contributed by atoms with Crippen LogP contribution in [0.15, 0.2) is 60.7 Å². The number of aliphatic carboxylic acids is 1. The molecule has 9 heteroatoms. The van der Waals surface area contributed by atoms with Gasteiger partial charge in [0.2, 0.25) is 0 Å². The number of carboxylic acids is 1. The number of benzene rings is 3. The third kappa shape index (κ3) is 6.75. The van der Waals surface area contributed by atoms with Crippen molar-refractivity contribution in [3.63, 3.8) is 0 Å². The summed E-state index contributed by atoms with van der Waals surface area (Å²) in [7, 11) is 0. The quantitative estimate of drug-likeness (QED) is 0.188. The summed E-state index contributed by atoms with van der Waals surface area (Å²) >= 11 is 0. The first-order valence-electron chi connectivity index (χ1n) is 11.5. The van der Waals surface area contributed by atoms with Gasteiger partial charge in [-0.3, -0.25) is 10.2 Å². The molecule has 3 aromatic carbocycles. The number of anilines is 2. The molecule has 0 bridgehead atoms. The number of hydrogen-bond donors (Lipinski definition) is 5. The van der Waals surface area contributed by atoms with Gasteiger partial charge in [0.1, 0.15) is 5.84 Å². The molecule has 3 rings (SSSR count). The van der Waals surface area contributed by atoms with Crippen molar-refractivity contribution in [1.29, 1.82) is 5.41 Å². The summed E-state index contributed by atoms with van der Waals surface area (Å²) < 4.78 is 11.1. The van der Waals surface area contributed by atoms with Crippen molar-refractivity contribution in [3.05, 3.63) is 82.9 Å². The van der Waals surface area contributed by atoms with Gasteiger partial charge in [0.05, 0.1) is 12.2 Å². The zero-order valence-corrected chi connectivity index (χ0v) is 20.3. The van der Waals surface area contributed by atoms with Gasteiger partial charge < -0.3 is 30.9 Å². The van der Waals surface area contributed by atoms with Crippen LogP contribution in [0.1, 0.15) is 40.9 Å². The monoisotopic (exact) mass is 490 g/mol. The molecule has 0 aliphatic heterocycles. The van der Waals surface area contributed by atoms with E-state index in [-0.39, 0.29) is 18.3 Å². The van der Waals surface area contributed by atoms with Crippen molar-refractivity contribution >= 4 is 29.1 Å². The van der Waals surface area contributed by atoms with Crippen LogP contribution in [-0.4, -0.2) is 36.0 Å². The lowest BCUT2D eigenvalue weighted by Gasteiger charge is -2.17. The van der Waals surface area contributed by atoms with Crippen LogP contribution in [0.5, 0.6) is 11.5 Å². The number of nitrogens with one attached hydrogen (secondary N) is 3. The Morgan fingerprint density at radius 3 is 2.42 bits per heavy atom. The predicted octanol–water partition coefficient (Wildman–Crippen LogP) is 4.26. The Morgan fingerprint density at radius 1 is 1.03 bits per heavy atom. The normalized spacial score (nSPS) is 10.4. The molecule has 6 N–H and O–H groups in total. The summed E-state index contributed by atoms with van der Waals surface area (Å²) in [5.74, 6) is -0.642. The van der Waals surface area contributed by atoms with Crippen LogP contribution in [-0.2, 0) is 17.8 Å². The highest BCUT2D eigenvalue weighted by Gasteiger charge is 2.16. The molecule has 1 amide bonds. The minimum atomic E-state index is -1.09. The van der Waals surface area contributed by atoms with E-state index in [1.807, 2.05) is 38.1 Å². The lowest BCUT2D eigenvalue weighted by molar-refractivity contribution is -0.139. The van der Waals surface area contributed by atoms with Gasteiger partial charge in [0.15, 0.2) is 18.1 Å². The summed E-state index contributed by atoms with van der Waals surface area (Å²) in [6, 6.07) is 17.7. The van der Waals surface area contributed by atoms with Crippen molar-refractivity contribution in [2.75, 3.05) is 23.8 Å². The number of ether oxygens (including phenoxy) is 2. The fourth-order valence-electron chi connectivity index (χ4n) is 3.54. The van der Waals surface area contributed by atoms with Crippen LogP contribution in [0.25, 0.3) is 0 Å². The molecule has 36 heavy (non-hydrogen) atoms. The van der Waals surface area contributed by atoms with Crippen LogP contribution >= 0.6 is 0 Å². The Labute approximate surface area is 209 Å². The van der Waals surface area contributed by atoms with E-state index >= 15 is 0 Å². The molecule has 0 fully saturated rings. The van der Waals surface area contributed by atoms with Gasteiger partial charge in [-0.15, -0.1) is 0 Å². The highest BCUT2D eigenvalue weighted by molar-refractivity contribution is 6.08. The van der Waals surface area contributed by atoms with Crippen molar-refractivity contribution in [3.8, 4) is 11.5 Å². The number of carboxylic acid groups (broad SMARTS) is 1. The van der Waals surface area contributed by atoms with E-state index in [0.717, 1.165) is 12.0 Å². The molecular formula is C27H30N4O5. The first-order chi connectivity index (χ1) is 17.3. The predicted molar refractivity (Wildman–Crippen MR) is 139 cm³/mol. The number of carbonyl (C=O) groups excluding carboxylic acids is 1. The second kappa shape index (κ2) is 12.3. The summed E-state index contributed by atoms with van der Waals surface area (Å²) in [5.41, 5.74) is 9.40.